The van der Waals surface area contributed by atoms with Crippen LogP contribution in [0.3, 0.4) is 0 Å². The summed E-state index contributed by atoms with van der Waals surface area (Å²) >= 11 is 0. The summed E-state index contributed by atoms with van der Waals surface area (Å²) in [5, 5.41) is 0. The lowest BCUT2D eigenvalue weighted by Gasteiger charge is -2.57. The molecule has 0 aromatic heterocycles. The first-order valence-electron chi connectivity index (χ1n) is 29.1. The summed E-state index contributed by atoms with van der Waals surface area (Å²) in [7, 11) is 0. The van der Waals surface area contributed by atoms with E-state index >= 15 is 0 Å². The van der Waals surface area contributed by atoms with Crippen molar-refractivity contribution in [2.24, 2.45) is 53.3 Å². The van der Waals surface area contributed by atoms with E-state index in [0.717, 1.165) is 53.3 Å². The zero-order valence-electron chi connectivity index (χ0n) is 41.3. The van der Waals surface area contributed by atoms with Crippen LogP contribution < -0.4 is 26.2 Å². The van der Waals surface area contributed by atoms with Gasteiger partial charge in [0.2, 0.25) is 0 Å². The van der Waals surface area contributed by atoms with Crippen molar-refractivity contribution in [3.63, 3.8) is 0 Å². The molecule has 0 unspecified atom stereocenters. The third-order valence-corrected chi connectivity index (χ3v) is 23.3. The highest BCUT2D eigenvalue weighted by Gasteiger charge is 2.56. The number of rotatable bonds is 6. The SMILES string of the molecule is c1ccc(N2c3ccc(C45CC6CC(CC(C6)C4)C5)cc3B3c4cc(C56CC7CC(CC(C7)C5)C6)ccc4N(c4ccc(C56CC7CC(CC(C7)C5)C6)cc4)c4cc(C5CCCCC5)cc2c43)cc1. The first kappa shape index (κ1) is 40.4. The van der Waals surface area contributed by atoms with Crippen molar-refractivity contribution in [1.82, 2.24) is 0 Å². The largest absolute Gasteiger partial charge is 0.311 e. The quantitative estimate of drug-likeness (QED) is 0.153. The highest BCUT2D eigenvalue weighted by Crippen LogP contribution is 2.64. The van der Waals surface area contributed by atoms with Crippen molar-refractivity contribution in [3.8, 4) is 0 Å². The lowest BCUT2D eigenvalue weighted by molar-refractivity contribution is -0.00529. The molecule has 5 aromatic rings. The molecular formula is C66H73BN2. The molecule has 2 aliphatic heterocycles. The highest BCUT2D eigenvalue weighted by molar-refractivity contribution is 7.00. The number of anilines is 6. The van der Waals surface area contributed by atoms with Crippen molar-refractivity contribution in [2.45, 2.75) is 170 Å². The Hall–Kier alpha value is -4.24. The van der Waals surface area contributed by atoms with Gasteiger partial charge in [0.1, 0.15) is 0 Å². The van der Waals surface area contributed by atoms with E-state index in [4.69, 9.17) is 0 Å². The molecule has 2 heterocycles. The van der Waals surface area contributed by atoms with Crippen molar-refractivity contribution in [3.05, 3.63) is 125 Å². The van der Waals surface area contributed by atoms with Crippen LogP contribution in [0.15, 0.2) is 103 Å². The van der Waals surface area contributed by atoms with Crippen LogP contribution >= 0.6 is 0 Å². The molecule has 13 saturated carbocycles. The Morgan fingerprint density at radius 1 is 0.362 bits per heavy atom. The Morgan fingerprint density at radius 2 is 0.739 bits per heavy atom. The maximum Gasteiger partial charge on any atom is 0.252 e. The fourth-order valence-corrected chi connectivity index (χ4v) is 21.8. The molecule has 0 radical (unpaired) electrons. The number of hydrogen-bond donors (Lipinski definition) is 0. The van der Waals surface area contributed by atoms with E-state index in [9.17, 15) is 0 Å². The summed E-state index contributed by atoms with van der Waals surface area (Å²) in [4.78, 5) is 5.57. The molecular weight excluding hydrogens is 832 g/mol. The smallest absolute Gasteiger partial charge is 0.252 e. The van der Waals surface area contributed by atoms with Crippen LogP contribution in [0, 0.1) is 53.3 Å². The number of hydrogen-bond acceptors (Lipinski definition) is 2. The Kier molecular flexibility index (Phi) is 8.46. The molecule has 15 aliphatic rings. The molecule has 69 heavy (non-hydrogen) atoms. The molecule has 0 atom stereocenters. The predicted octanol–water partition coefficient (Wildman–Crippen LogP) is 15.2. The minimum atomic E-state index is 0.200. The lowest BCUT2D eigenvalue weighted by atomic mass is 9.32. The molecule has 12 bridgehead atoms. The third-order valence-electron chi connectivity index (χ3n) is 23.3. The summed E-state index contributed by atoms with van der Waals surface area (Å²) in [6, 6.07) is 43.9. The summed E-state index contributed by atoms with van der Waals surface area (Å²) in [5.74, 6) is 9.06. The van der Waals surface area contributed by atoms with E-state index in [-0.39, 0.29) is 6.71 Å². The molecule has 3 heteroatoms. The Bertz CT molecular complexity index is 2800. The Labute approximate surface area is 413 Å². The number of nitrogens with zero attached hydrogens (tertiary/aromatic N) is 2. The van der Waals surface area contributed by atoms with E-state index in [1.165, 1.54) is 182 Å². The van der Waals surface area contributed by atoms with Gasteiger partial charge in [-0.15, -0.1) is 0 Å². The normalized spacial score (nSPS) is 38.1. The van der Waals surface area contributed by atoms with Gasteiger partial charge in [0.25, 0.3) is 6.71 Å². The van der Waals surface area contributed by atoms with Gasteiger partial charge in [-0.3, -0.25) is 0 Å². The zero-order valence-corrected chi connectivity index (χ0v) is 41.3. The number of para-hydroxylation sites is 1. The summed E-state index contributed by atoms with van der Waals surface area (Å²) < 4.78 is 0. The van der Waals surface area contributed by atoms with Gasteiger partial charge in [-0.05, 0) is 291 Å². The molecule has 350 valence electrons. The lowest BCUT2D eigenvalue weighted by Crippen LogP contribution is -2.62. The van der Waals surface area contributed by atoms with Gasteiger partial charge in [0.15, 0.2) is 0 Å². The van der Waals surface area contributed by atoms with Crippen LogP contribution in [0.5, 0.6) is 0 Å². The molecule has 0 saturated heterocycles. The standard InChI is InChI=1S/C66H73BN2/c1-3-7-50(8-4-1)51-28-61-63-62(29-51)69(56-15-11-52(12-16-56)64-32-41-19-42(33-64)21-43(20-41)34-64)60-18-14-54(66-38-47-25-48(39-66)27-49(26-47)40-66)31-58(60)67(63)57-30-53(13-17-59(57)68(61)55-9-5-2-6-10-55)65-35-44-22-45(36-65)24-46(23-44)37-65/h2,5-6,9-18,28-31,41-50H,1,3-4,7-8,19-27,32-40H2. The van der Waals surface area contributed by atoms with Crippen molar-refractivity contribution < 1.29 is 0 Å². The molecule has 0 spiro atoms. The average molecular weight is 905 g/mol. The molecule has 0 amide bonds. The van der Waals surface area contributed by atoms with Crippen molar-refractivity contribution >= 4 is 57.2 Å². The predicted molar refractivity (Wildman–Crippen MR) is 286 cm³/mol. The zero-order chi connectivity index (χ0) is 44.8. The Morgan fingerprint density at radius 3 is 1.16 bits per heavy atom. The van der Waals surface area contributed by atoms with Crippen molar-refractivity contribution in [2.75, 3.05) is 9.80 Å². The van der Waals surface area contributed by atoms with E-state index in [1.54, 1.807) is 38.6 Å². The first-order valence-corrected chi connectivity index (χ1v) is 29.1. The molecule has 0 N–H and O–H groups in total. The monoisotopic (exact) mass is 905 g/mol. The first-order chi connectivity index (χ1) is 33.9. The van der Waals surface area contributed by atoms with Crippen LogP contribution in [0.4, 0.5) is 34.1 Å². The van der Waals surface area contributed by atoms with Crippen LogP contribution in [-0.4, -0.2) is 6.71 Å². The number of fused-ring (bicyclic) bond motifs is 4. The van der Waals surface area contributed by atoms with Crippen LogP contribution in [0.25, 0.3) is 0 Å². The summed E-state index contributed by atoms with van der Waals surface area (Å²) in [6.45, 7) is 0.200. The molecule has 5 aromatic carbocycles. The van der Waals surface area contributed by atoms with E-state index in [2.05, 4.69) is 113 Å². The average Bonchev–Trinajstić information content (AvgIpc) is 3.35. The topological polar surface area (TPSA) is 6.48 Å². The molecule has 2 nitrogen and oxygen atoms in total. The van der Waals surface area contributed by atoms with Crippen LogP contribution in [0.2, 0.25) is 0 Å². The third kappa shape index (κ3) is 5.92. The van der Waals surface area contributed by atoms with Gasteiger partial charge >= 0.3 is 0 Å². The second-order valence-electron chi connectivity index (χ2n) is 27.4. The van der Waals surface area contributed by atoms with Gasteiger partial charge in [0, 0.05) is 34.1 Å². The maximum atomic E-state index is 2.87. The fraction of sp³-hybridized carbons (Fsp3) is 0.545. The minimum absolute atomic E-state index is 0.200. The number of benzene rings is 5. The van der Waals surface area contributed by atoms with Crippen LogP contribution in [0.1, 0.15) is 176 Å². The fourth-order valence-electron chi connectivity index (χ4n) is 21.8. The van der Waals surface area contributed by atoms with Crippen LogP contribution in [-0.2, 0) is 16.2 Å². The molecule has 13 aliphatic carbocycles. The van der Waals surface area contributed by atoms with Gasteiger partial charge in [-0.1, -0.05) is 73.9 Å². The second kappa shape index (κ2) is 14.5. The van der Waals surface area contributed by atoms with E-state index < -0.39 is 0 Å². The van der Waals surface area contributed by atoms with Crippen molar-refractivity contribution in [1.29, 1.82) is 0 Å². The van der Waals surface area contributed by atoms with E-state index in [1.807, 2.05) is 0 Å². The summed E-state index contributed by atoms with van der Waals surface area (Å²) in [6.07, 6.45) is 33.0. The van der Waals surface area contributed by atoms with Gasteiger partial charge in [0.05, 0.1) is 0 Å². The second-order valence-corrected chi connectivity index (χ2v) is 27.4. The highest BCUT2D eigenvalue weighted by atomic mass is 15.2. The minimum Gasteiger partial charge on any atom is -0.311 e. The van der Waals surface area contributed by atoms with Gasteiger partial charge < -0.3 is 9.80 Å². The molecule has 20 rings (SSSR count). The van der Waals surface area contributed by atoms with E-state index in [0.29, 0.717) is 22.2 Å². The Balaban J connectivity index is 0.899. The maximum absolute atomic E-state index is 2.87. The molecule has 13 fully saturated rings. The van der Waals surface area contributed by atoms with Gasteiger partial charge in [-0.2, -0.15) is 0 Å². The summed E-state index contributed by atoms with van der Waals surface area (Å²) in [5.41, 5.74) is 20.9. The van der Waals surface area contributed by atoms with Gasteiger partial charge in [-0.25, -0.2) is 0 Å².